The number of unbranched alkanes of at least 4 members (excludes halogenated alkanes) is 1. The highest BCUT2D eigenvalue weighted by Gasteiger charge is 2.16. The number of halogens is 1. The van der Waals surface area contributed by atoms with E-state index in [0.29, 0.717) is 22.1 Å². The molecule has 27 heavy (non-hydrogen) atoms. The van der Waals surface area contributed by atoms with Crippen molar-refractivity contribution in [2.24, 2.45) is 7.05 Å². The Morgan fingerprint density at radius 1 is 1.11 bits per heavy atom. The fourth-order valence-electron chi connectivity index (χ4n) is 2.77. The number of aryl methyl sites for hydroxylation is 1. The van der Waals surface area contributed by atoms with Crippen LogP contribution in [0.1, 0.15) is 35.7 Å². The van der Waals surface area contributed by atoms with Crippen molar-refractivity contribution in [2.75, 3.05) is 5.75 Å². The molecule has 1 aromatic heterocycles. The predicted molar refractivity (Wildman–Crippen MR) is 107 cm³/mol. The lowest BCUT2D eigenvalue weighted by molar-refractivity contribution is 0.102. The molecule has 0 radical (unpaired) electrons. The molecule has 0 unspecified atom stereocenters. The van der Waals surface area contributed by atoms with Gasteiger partial charge >= 0.3 is 0 Å². The van der Waals surface area contributed by atoms with Crippen LogP contribution in [0.25, 0.3) is 11.4 Å². The molecule has 0 amide bonds. The predicted octanol–water partition coefficient (Wildman–Crippen LogP) is 4.94. The molecule has 0 bridgehead atoms. The summed E-state index contributed by atoms with van der Waals surface area (Å²) in [6.07, 6.45) is 3.35. The van der Waals surface area contributed by atoms with Crippen LogP contribution < -0.4 is 0 Å². The fraction of sp³-hybridized carbons (Fsp3) is 0.286. The van der Waals surface area contributed by atoms with Crippen molar-refractivity contribution in [3.05, 3.63) is 65.5 Å². The SMILES string of the molecule is CCCCc1ccc(C(=O)CSc2nnc(-c3ccccc3F)n2C)cc1. The topological polar surface area (TPSA) is 47.8 Å². The van der Waals surface area contributed by atoms with Crippen LogP contribution in [-0.2, 0) is 13.5 Å². The molecule has 3 rings (SSSR count). The van der Waals surface area contributed by atoms with Crippen molar-refractivity contribution < 1.29 is 9.18 Å². The first-order valence-electron chi connectivity index (χ1n) is 8.99. The summed E-state index contributed by atoms with van der Waals surface area (Å²) in [5.41, 5.74) is 2.34. The molecule has 0 fully saturated rings. The molecule has 0 saturated heterocycles. The van der Waals surface area contributed by atoms with Gasteiger partial charge in [-0.05, 0) is 30.5 Å². The van der Waals surface area contributed by atoms with Gasteiger partial charge in [0.1, 0.15) is 5.82 Å². The Bertz CT molecular complexity index is 921. The number of Topliss-reactive ketones (excluding diaryl/α,β-unsaturated/α-hetero) is 1. The molecule has 140 valence electrons. The second kappa shape index (κ2) is 8.95. The molecule has 0 aliphatic carbocycles. The number of carbonyl (C=O) groups is 1. The number of nitrogens with zero attached hydrogens (tertiary/aromatic N) is 3. The third kappa shape index (κ3) is 4.63. The standard InChI is InChI=1S/C21H22FN3OS/c1-3-4-7-15-10-12-16(13-11-15)19(26)14-27-21-24-23-20(25(21)2)17-8-5-6-9-18(17)22/h5-6,8-13H,3-4,7,14H2,1-2H3. The Hall–Kier alpha value is -2.47. The van der Waals surface area contributed by atoms with E-state index < -0.39 is 0 Å². The zero-order chi connectivity index (χ0) is 19.2. The van der Waals surface area contributed by atoms with Crippen molar-refractivity contribution in [3.63, 3.8) is 0 Å². The molecule has 6 heteroatoms. The molecule has 0 atom stereocenters. The zero-order valence-corrected chi connectivity index (χ0v) is 16.3. The largest absolute Gasteiger partial charge is 0.305 e. The van der Waals surface area contributed by atoms with Crippen LogP contribution in [0.4, 0.5) is 4.39 Å². The van der Waals surface area contributed by atoms with Crippen molar-refractivity contribution >= 4 is 17.5 Å². The van der Waals surface area contributed by atoms with E-state index in [4.69, 9.17) is 0 Å². The summed E-state index contributed by atoms with van der Waals surface area (Å²) in [6, 6.07) is 14.3. The van der Waals surface area contributed by atoms with E-state index in [1.54, 1.807) is 29.8 Å². The maximum atomic E-state index is 14.0. The van der Waals surface area contributed by atoms with Gasteiger partial charge in [-0.15, -0.1) is 10.2 Å². The Labute approximate surface area is 162 Å². The first-order valence-corrected chi connectivity index (χ1v) is 9.98. The molecular formula is C21H22FN3OS. The highest BCUT2D eigenvalue weighted by atomic mass is 32.2. The van der Waals surface area contributed by atoms with E-state index in [-0.39, 0.29) is 17.4 Å². The lowest BCUT2D eigenvalue weighted by atomic mass is 10.1. The fourth-order valence-corrected chi connectivity index (χ4v) is 3.57. The van der Waals surface area contributed by atoms with Crippen LogP contribution in [0, 0.1) is 5.82 Å². The second-order valence-electron chi connectivity index (χ2n) is 6.36. The quantitative estimate of drug-likeness (QED) is 0.408. The normalized spacial score (nSPS) is 10.9. The molecule has 3 aromatic rings. The molecule has 0 spiro atoms. The average Bonchev–Trinajstić information content (AvgIpc) is 3.05. The Balaban J connectivity index is 1.65. The lowest BCUT2D eigenvalue weighted by Crippen LogP contribution is -2.04. The van der Waals surface area contributed by atoms with E-state index in [1.807, 2.05) is 24.3 Å². The van der Waals surface area contributed by atoms with Gasteiger partial charge in [-0.1, -0.05) is 61.5 Å². The maximum Gasteiger partial charge on any atom is 0.191 e. The summed E-state index contributed by atoms with van der Waals surface area (Å²) in [7, 11) is 1.77. The van der Waals surface area contributed by atoms with Gasteiger partial charge in [0, 0.05) is 12.6 Å². The van der Waals surface area contributed by atoms with Gasteiger partial charge in [0.15, 0.2) is 16.8 Å². The van der Waals surface area contributed by atoms with Gasteiger partial charge in [-0.3, -0.25) is 4.79 Å². The van der Waals surface area contributed by atoms with Gasteiger partial charge in [-0.2, -0.15) is 0 Å². The van der Waals surface area contributed by atoms with E-state index in [2.05, 4.69) is 17.1 Å². The number of hydrogen-bond donors (Lipinski definition) is 0. The minimum atomic E-state index is -0.344. The average molecular weight is 383 g/mol. The molecule has 0 saturated carbocycles. The molecule has 0 N–H and O–H groups in total. The van der Waals surface area contributed by atoms with E-state index >= 15 is 0 Å². The van der Waals surface area contributed by atoms with Crippen molar-refractivity contribution in [1.29, 1.82) is 0 Å². The summed E-state index contributed by atoms with van der Waals surface area (Å²) in [4.78, 5) is 12.4. The molecular weight excluding hydrogens is 361 g/mol. The molecule has 0 aliphatic rings. The first kappa shape index (κ1) is 19.3. The van der Waals surface area contributed by atoms with Gasteiger partial charge < -0.3 is 4.57 Å². The Morgan fingerprint density at radius 2 is 1.85 bits per heavy atom. The van der Waals surface area contributed by atoms with E-state index in [9.17, 15) is 9.18 Å². The summed E-state index contributed by atoms with van der Waals surface area (Å²) in [6.45, 7) is 2.17. The number of ketones is 1. The smallest absolute Gasteiger partial charge is 0.191 e. The minimum absolute atomic E-state index is 0.0393. The van der Waals surface area contributed by atoms with Gasteiger partial charge in [-0.25, -0.2) is 4.39 Å². The first-order chi connectivity index (χ1) is 13.1. The van der Waals surface area contributed by atoms with Crippen molar-refractivity contribution in [2.45, 2.75) is 31.3 Å². The van der Waals surface area contributed by atoms with Crippen LogP contribution >= 0.6 is 11.8 Å². The monoisotopic (exact) mass is 383 g/mol. The van der Waals surface area contributed by atoms with Crippen LogP contribution in [0.3, 0.4) is 0 Å². The molecule has 1 heterocycles. The number of hydrogen-bond acceptors (Lipinski definition) is 4. The van der Waals surface area contributed by atoms with Crippen LogP contribution in [0.2, 0.25) is 0 Å². The number of rotatable bonds is 8. The highest BCUT2D eigenvalue weighted by molar-refractivity contribution is 7.99. The summed E-state index contributed by atoms with van der Waals surface area (Å²) in [5.74, 6) is 0.405. The maximum absolute atomic E-state index is 14.0. The molecule has 4 nitrogen and oxygen atoms in total. The van der Waals surface area contributed by atoms with E-state index in [1.165, 1.54) is 23.4 Å². The van der Waals surface area contributed by atoms with Gasteiger partial charge in [0.25, 0.3) is 0 Å². The summed E-state index contributed by atoms with van der Waals surface area (Å²) >= 11 is 1.31. The zero-order valence-electron chi connectivity index (χ0n) is 15.5. The van der Waals surface area contributed by atoms with Crippen molar-refractivity contribution in [1.82, 2.24) is 14.8 Å². The Morgan fingerprint density at radius 3 is 2.56 bits per heavy atom. The van der Waals surface area contributed by atoms with Gasteiger partial charge in [0.05, 0.1) is 11.3 Å². The number of benzene rings is 2. The minimum Gasteiger partial charge on any atom is -0.305 e. The lowest BCUT2D eigenvalue weighted by Gasteiger charge is -2.05. The number of thioether (sulfide) groups is 1. The summed E-state index contributed by atoms with van der Waals surface area (Å²) in [5, 5.41) is 8.77. The Kier molecular flexibility index (Phi) is 6.40. The third-order valence-corrected chi connectivity index (χ3v) is 5.40. The second-order valence-corrected chi connectivity index (χ2v) is 7.30. The highest BCUT2D eigenvalue weighted by Crippen LogP contribution is 2.25. The van der Waals surface area contributed by atoms with Crippen LogP contribution in [0.15, 0.2) is 53.7 Å². The van der Waals surface area contributed by atoms with Gasteiger partial charge in [0.2, 0.25) is 0 Å². The van der Waals surface area contributed by atoms with Crippen molar-refractivity contribution in [3.8, 4) is 11.4 Å². The number of carbonyl (C=O) groups excluding carboxylic acids is 1. The molecule has 2 aromatic carbocycles. The summed E-state index contributed by atoms with van der Waals surface area (Å²) < 4.78 is 15.7. The van der Waals surface area contributed by atoms with Crippen LogP contribution in [-0.4, -0.2) is 26.3 Å². The molecule has 0 aliphatic heterocycles. The third-order valence-electron chi connectivity index (χ3n) is 4.38. The number of aromatic nitrogens is 3. The van der Waals surface area contributed by atoms with Crippen LogP contribution in [0.5, 0.6) is 0 Å². The van der Waals surface area contributed by atoms with E-state index in [0.717, 1.165) is 19.3 Å².